The molecular weight excluding hydrogens is 540 g/mol. The second-order valence-corrected chi connectivity index (χ2v) is 11.3. The Balaban J connectivity index is 1.32. The average Bonchev–Trinajstić information content (AvgIpc) is 3.49. The summed E-state index contributed by atoms with van der Waals surface area (Å²) in [5, 5.41) is 5.91. The second kappa shape index (κ2) is 13.5. The maximum Gasteiger partial charge on any atom is 0.249 e. The lowest BCUT2D eigenvalue weighted by molar-refractivity contribution is -0.129. The molecule has 4 aromatic rings. The van der Waals surface area contributed by atoms with Crippen LogP contribution in [0.2, 0.25) is 0 Å². The summed E-state index contributed by atoms with van der Waals surface area (Å²) < 4.78 is 0. The number of carbonyl (C=O) groups is 3. The Bertz CT molecular complexity index is 1570. The number of aromatic nitrogens is 2. The van der Waals surface area contributed by atoms with E-state index in [1.54, 1.807) is 17.4 Å². The highest BCUT2D eigenvalue weighted by molar-refractivity contribution is 6.01. The van der Waals surface area contributed by atoms with Gasteiger partial charge in [-0.1, -0.05) is 80.6 Å². The molecule has 1 unspecified atom stereocenters. The maximum atomic E-state index is 13.8. The monoisotopic (exact) mass is 578 g/mol. The number of H-pyrrole nitrogens is 1. The molecule has 0 radical (unpaired) electrons. The van der Waals surface area contributed by atoms with Gasteiger partial charge in [-0.25, -0.2) is 4.98 Å². The first-order valence-electron chi connectivity index (χ1n) is 14.7. The van der Waals surface area contributed by atoms with Crippen LogP contribution in [0.5, 0.6) is 0 Å². The van der Waals surface area contributed by atoms with Crippen molar-refractivity contribution in [2.45, 2.75) is 58.3 Å². The number of rotatable bonds is 10. The Morgan fingerprint density at radius 2 is 1.79 bits per heavy atom. The first-order valence-corrected chi connectivity index (χ1v) is 14.7. The van der Waals surface area contributed by atoms with Crippen LogP contribution in [0.1, 0.15) is 42.7 Å². The number of imidazole rings is 1. The molecule has 9 nitrogen and oxygen atoms in total. The molecule has 3 amide bonds. The fraction of sp³-hybridized carbons (Fsp3) is 0.294. The van der Waals surface area contributed by atoms with E-state index in [4.69, 9.17) is 5.73 Å². The van der Waals surface area contributed by atoms with Crippen molar-refractivity contribution in [3.8, 4) is 11.1 Å². The Kier molecular flexibility index (Phi) is 9.32. The van der Waals surface area contributed by atoms with Gasteiger partial charge in [-0.15, -0.1) is 0 Å². The molecular formula is C34H38N6O3. The van der Waals surface area contributed by atoms with Crippen molar-refractivity contribution in [2.24, 2.45) is 11.7 Å². The van der Waals surface area contributed by atoms with Crippen LogP contribution in [0.4, 0.5) is 5.69 Å². The number of hydrogen-bond acceptors (Lipinski definition) is 5. The van der Waals surface area contributed by atoms with Crippen molar-refractivity contribution in [3.63, 3.8) is 0 Å². The highest BCUT2D eigenvalue weighted by atomic mass is 16.2. The van der Waals surface area contributed by atoms with Crippen LogP contribution in [-0.4, -0.2) is 39.8 Å². The summed E-state index contributed by atoms with van der Waals surface area (Å²) in [6.45, 7) is 4.55. The van der Waals surface area contributed by atoms with Gasteiger partial charge in [0.25, 0.3) is 0 Å². The van der Waals surface area contributed by atoms with E-state index >= 15 is 0 Å². The van der Waals surface area contributed by atoms with Crippen molar-refractivity contribution >= 4 is 23.4 Å². The summed E-state index contributed by atoms with van der Waals surface area (Å²) in [6.07, 6.45) is 4.63. The number of hydrogen-bond donors (Lipinski definition) is 4. The summed E-state index contributed by atoms with van der Waals surface area (Å²) in [4.78, 5) is 47.7. The van der Waals surface area contributed by atoms with Crippen LogP contribution in [0.25, 0.3) is 11.1 Å². The van der Waals surface area contributed by atoms with Gasteiger partial charge < -0.3 is 26.3 Å². The van der Waals surface area contributed by atoms with E-state index in [0.717, 1.165) is 39.2 Å². The van der Waals surface area contributed by atoms with Gasteiger partial charge in [0.15, 0.2) is 0 Å². The highest BCUT2D eigenvalue weighted by Crippen LogP contribution is 2.30. The van der Waals surface area contributed by atoms with E-state index in [0.29, 0.717) is 25.9 Å². The molecule has 0 fully saturated rings. The summed E-state index contributed by atoms with van der Waals surface area (Å²) in [5.74, 6) is -0.567. The third kappa shape index (κ3) is 7.18. The Hall–Kier alpha value is -4.76. The zero-order valence-corrected chi connectivity index (χ0v) is 24.5. The largest absolute Gasteiger partial charge is 0.352 e. The third-order valence-electron chi connectivity index (χ3n) is 7.89. The molecule has 1 aliphatic heterocycles. The van der Waals surface area contributed by atoms with Crippen molar-refractivity contribution < 1.29 is 14.4 Å². The minimum absolute atomic E-state index is 0.0314. The van der Waals surface area contributed by atoms with Crippen LogP contribution < -0.4 is 21.3 Å². The number of amides is 3. The molecule has 0 bridgehead atoms. The lowest BCUT2D eigenvalue weighted by Crippen LogP contribution is -2.53. The number of benzene rings is 3. The van der Waals surface area contributed by atoms with Crippen LogP contribution in [0, 0.1) is 5.92 Å². The quantitative estimate of drug-likeness (QED) is 0.227. The molecule has 2 heterocycles. The van der Waals surface area contributed by atoms with E-state index in [1.807, 2.05) is 86.6 Å². The molecule has 0 saturated carbocycles. The van der Waals surface area contributed by atoms with E-state index in [9.17, 15) is 14.4 Å². The predicted octanol–water partition coefficient (Wildman–Crippen LogP) is 3.88. The normalized spacial score (nSPS) is 15.5. The highest BCUT2D eigenvalue weighted by Gasteiger charge is 2.32. The SMILES string of the molecule is CC(C)C(N)C(=O)N[C@@H]1CCc2ccccc2N(Cc2ccc(-c3ccccc3CNC(=O)Cc3cnc[nH]3)cc2)C1=O. The van der Waals surface area contributed by atoms with E-state index < -0.39 is 12.1 Å². The number of nitrogens with one attached hydrogen (secondary N) is 3. The number of aryl methyl sites for hydroxylation is 1. The number of nitrogens with zero attached hydrogens (tertiary/aromatic N) is 2. The summed E-state index contributed by atoms with van der Waals surface area (Å²) in [5.41, 5.74) is 12.8. The fourth-order valence-electron chi connectivity index (χ4n) is 5.32. The number of aromatic amines is 1. The van der Waals surface area contributed by atoms with Gasteiger partial charge in [0.1, 0.15) is 6.04 Å². The lowest BCUT2D eigenvalue weighted by atomic mass is 9.98. The van der Waals surface area contributed by atoms with E-state index in [-0.39, 0.29) is 30.1 Å². The summed E-state index contributed by atoms with van der Waals surface area (Å²) >= 11 is 0. The molecule has 5 rings (SSSR count). The molecule has 3 aromatic carbocycles. The van der Waals surface area contributed by atoms with Crippen molar-refractivity contribution in [1.82, 2.24) is 20.6 Å². The first kappa shape index (κ1) is 29.7. The maximum absolute atomic E-state index is 13.8. The van der Waals surface area contributed by atoms with Gasteiger partial charge in [-0.3, -0.25) is 14.4 Å². The molecule has 0 aliphatic carbocycles. The van der Waals surface area contributed by atoms with Crippen molar-refractivity contribution in [3.05, 3.63) is 108 Å². The number of nitrogens with two attached hydrogens (primary N) is 1. The topological polar surface area (TPSA) is 133 Å². The minimum Gasteiger partial charge on any atom is -0.352 e. The van der Waals surface area contributed by atoms with Gasteiger partial charge in [-0.2, -0.15) is 0 Å². The molecule has 0 saturated heterocycles. The lowest BCUT2D eigenvalue weighted by Gasteiger charge is -2.27. The second-order valence-electron chi connectivity index (χ2n) is 11.3. The first-order chi connectivity index (χ1) is 20.8. The standard InChI is InChI=1S/C34H38N6O3/c1-22(2)32(35)33(42)39-29-16-15-25-7-4-6-10-30(25)40(34(29)43)20-23-11-13-24(14-12-23)28-9-5-3-8-26(28)18-37-31(41)17-27-19-36-21-38-27/h3-14,19,21-22,29,32H,15-18,20,35H2,1-2H3,(H,36,38)(H,37,41)(H,39,42)/t29-,32?/m1/s1. The number of anilines is 1. The summed E-state index contributed by atoms with van der Waals surface area (Å²) in [7, 11) is 0. The third-order valence-corrected chi connectivity index (χ3v) is 7.89. The molecule has 222 valence electrons. The van der Waals surface area contributed by atoms with Crippen LogP contribution >= 0.6 is 0 Å². The van der Waals surface area contributed by atoms with Gasteiger partial charge in [0.2, 0.25) is 17.7 Å². The molecule has 5 N–H and O–H groups in total. The Morgan fingerprint density at radius 1 is 1.05 bits per heavy atom. The van der Waals surface area contributed by atoms with Gasteiger partial charge >= 0.3 is 0 Å². The van der Waals surface area contributed by atoms with E-state index in [1.165, 1.54) is 0 Å². The van der Waals surface area contributed by atoms with Crippen LogP contribution in [0.3, 0.4) is 0 Å². The molecule has 1 aliphatic rings. The smallest absolute Gasteiger partial charge is 0.249 e. The number of para-hydroxylation sites is 1. The zero-order chi connectivity index (χ0) is 30.3. The van der Waals surface area contributed by atoms with Crippen molar-refractivity contribution in [1.29, 1.82) is 0 Å². The zero-order valence-electron chi connectivity index (χ0n) is 24.5. The molecule has 9 heteroatoms. The molecule has 1 aromatic heterocycles. The predicted molar refractivity (Wildman–Crippen MR) is 167 cm³/mol. The van der Waals surface area contributed by atoms with Crippen LogP contribution in [-0.2, 0) is 40.3 Å². The fourth-order valence-corrected chi connectivity index (χ4v) is 5.32. The number of fused-ring (bicyclic) bond motifs is 1. The number of carbonyl (C=O) groups excluding carboxylic acids is 3. The average molecular weight is 579 g/mol. The van der Waals surface area contributed by atoms with Gasteiger partial charge in [0.05, 0.1) is 25.3 Å². The Morgan fingerprint density at radius 3 is 2.53 bits per heavy atom. The van der Waals surface area contributed by atoms with E-state index in [2.05, 4.69) is 20.6 Å². The molecule has 43 heavy (non-hydrogen) atoms. The molecule has 2 atom stereocenters. The van der Waals surface area contributed by atoms with Crippen molar-refractivity contribution in [2.75, 3.05) is 4.90 Å². The Labute approximate surface area is 251 Å². The van der Waals surface area contributed by atoms with Crippen LogP contribution in [0.15, 0.2) is 85.3 Å². The molecule has 0 spiro atoms. The van der Waals surface area contributed by atoms with Gasteiger partial charge in [0, 0.05) is 24.1 Å². The minimum atomic E-state index is -0.674. The van der Waals surface area contributed by atoms with Gasteiger partial charge in [-0.05, 0) is 52.6 Å². The summed E-state index contributed by atoms with van der Waals surface area (Å²) in [6, 6.07) is 22.7.